The maximum Gasteiger partial charge on any atom is 0.408 e. The molecule has 4 aromatic rings. The van der Waals surface area contributed by atoms with Gasteiger partial charge in [0.2, 0.25) is 0 Å². The second-order valence-corrected chi connectivity index (χ2v) is 7.31. The van der Waals surface area contributed by atoms with Gasteiger partial charge in [-0.25, -0.2) is 9.59 Å². The fourth-order valence-electron chi connectivity index (χ4n) is 3.56. The Hall–Kier alpha value is -3.74. The van der Waals surface area contributed by atoms with Crippen LogP contribution in [0.25, 0.3) is 21.9 Å². The van der Waals surface area contributed by atoms with Crippen LogP contribution in [-0.2, 0) is 27.3 Å². The molecule has 4 rings (SSSR count). The van der Waals surface area contributed by atoms with Gasteiger partial charge in [-0.1, -0.05) is 36.4 Å². The lowest BCUT2D eigenvalue weighted by atomic mass is 9.92. The van der Waals surface area contributed by atoms with Crippen LogP contribution in [0.3, 0.4) is 0 Å². The summed E-state index contributed by atoms with van der Waals surface area (Å²) < 4.78 is 15.9. The third kappa shape index (κ3) is 3.87. The Balaban J connectivity index is 1.47. The first-order valence-corrected chi connectivity index (χ1v) is 9.54. The number of aromatic nitrogens is 1. The summed E-state index contributed by atoms with van der Waals surface area (Å²) in [6.07, 6.45) is 1.33. The van der Waals surface area contributed by atoms with Crippen LogP contribution in [0.5, 0.6) is 0 Å². The molecule has 2 aromatic heterocycles. The maximum atomic E-state index is 12.5. The van der Waals surface area contributed by atoms with E-state index in [-0.39, 0.29) is 13.0 Å². The zero-order valence-electron chi connectivity index (χ0n) is 16.7. The first-order chi connectivity index (χ1) is 14.5. The van der Waals surface area contributed by atoms with Gasteiger partial charge >= 0.3 is 12.1 Å². The van der Waals surface area contributed by atoms with Crippen molar-refractivity contribution in [3.8, 4) is 0 Å². The van der Waals surface area contributed by atoms with Crippen molar-refractivity contribution in [1.29, 1.82) is 0 Å². The van der Waals surface area contributed by atoms with E-state index in [1.165, 1.54) is 7.11 Å². The lowest BCUT2D eigenvalue weighted by Crippen LogP contribution is -2.54. The Kier molecular flexibility index (Phi) is 5.18. The summed E-state index contributed by atoms with van der Waals surface area (Å²) in [5.74, 6) is -0.0452. The van der Waals surface area contributed by atoms with Crippen molar-refractivity contribution in [3.63, 3.8) is 0 Å². The molecule has 7 heteroatoms. The van der Waals surface area contributed by atoms with E-state index < -0.39 is 17.6 Å². The molecule has 0 saturated carbocycles. The minimum Gasteiger partial charge on any atom is -0.467 e. The van der Waals surface area contributed by atoms with Crippen molar-refractivity contribution in [2.24, 2.45) is 0 Å². The lowest BCUT2D eigenvalue weighted by Gasteiger charge is -2.27. The highest BCUT2D eigenvalue weighted by atomic mass is 16.6. The van der Waals surface area contributed by atoms with Crippen LogP contribution in [-0.4, -0.2) is 29.7 Å². The normalized spacial score (nSPS) is 13.1. The van der Waals surface area contributed by atoms with Gasteiger partial charge in [-0.15, -0.1) is 0 Å². The third-order valence-electron chi connectivity index (χ3n) is 5.05. The average molecular weight is 406 g/mol. The monoisotopic (exact) mass is 406 g/mol. The van der Waals surface area contributed by atoms with Crippen LogP contribution in [0.15, 0.2) is 65.2 Å². The molecule has 0 aliphatic carbocycles. The SMILES string of the molecule is COC(=O)[C@@](C)(Cc1c[nH]c2ccccc12)NC(=O)OCc1cc2ccccc2o1. The van der Waals surface area contributed by atoms with Gasteiger partial charge in [0.1, 0.15) is 16.9 Å². The molecule has 1 atom stereocenters. The fraction of sp³-hybridized carbons (Fsp3) is 0.217. The van der Waals surface area contributed by atoms with Crippen molar-refractivity contribution < 1.29 is 23.5 Å². The van der Waals surface area contributed by atoms with Gasteiger partial charge in [0, 0.05) is 28.9 Å². The Labute approximate surface area is 173 Å². The fourth-order valence-corrected chi connectivity index (χ4v) is 3.56. The first-order valence-electron chi connectivity index (χ1n) is 9.54. The quantitative estimate of drug-likeness (QED) is 0.465. The highest BCUT2D eigenvalue weighted by Crippen LogP contribution is 2.24. The summed E-state index contributed by atoms with van der Waals surface area (Å²) in [5, 5.41) is 4.56. The van der Waals surface area contributed by atoms with E-state index in [4.69, 9.17) is 13.9 Å². The number of alkyl carbamates (subject to hydrolysis) is 1. The molecule has 30 heavy (non-hydrogen) atoms. The van der Waals surface area contributed by atoms with Crippen LogP contribution >= 0.6 is 0 Å². The van der Waals surface area contributed by atoms with E-state index >= 15 is 0 Å². The molecule has 0 fully saturated rings. The molecule has 7 nitrogen and oxygen atoms in total. The number of esters is 1. The molecule has 2 heterocycles. The van der Waals surface area contributed by atoms with E-state index in [0.717, 1.165) is 27.4 Å². The van der Waals surface area contributed by atoms with Gasteiger partial charge in [0.05, 0.1) is 7.11 Å². The zero-order valence-corrected chi connectivity index (χ0v) is 16.7. The number of rotatable bonds is 6. The van der Waals surface area contributed by atoms with E-state index in [0.29, 0.717) is 5.76 Å². The van der Waals surface area contributed by atoms with Gasteiger partial charge in [-0.05, 0) is 30.7 Å². The van der Waals surface area contributed by atoms with Crippen molar-refractivity contribution >= 4 is 33.9 Å². The van der Waals surface area contributed by atoms with Crippen molar-refractivity contribution in [2.75, 3.05) is 7.11 Å². The summed E-state index contributed by atoms with van der Waals surface area (Å²) in [5.41, 5.74) is 1.25. The zero-order chi connectivity index (χ0) is 21.1. The number of hydrogen-bond acceptors (Lipinski definition) is 5. The van der Waals surface area contributed by atoms with E-state index in [1.807, 2.05) is 60.8 Å². The van der Waals surface area contributed by atoms with Crippen molar-refractivity contribution in [2.45, 2.75) is 25.5 Å². The first kappa shape index (κ1) is 19.6. The number of fused-ring (bicyclic) bond motifs is 2. The number of hydrogen-bond donors (Lipinski definition) is 2. The number of carbonyl (C=O) groups is 2. The molecular formula is C23H22N2O5. The molecule has 154 valence electrons. The number of H-pyrrole nitrogens is 1. The Morgan fingerprint density at radius 2 is 1.90 bits per heavy atom. The number of methoxy groups -OCH3 is 1. The molecule has 0 aliphatic rings. The number of amides is 1. The summed E-state index contributed by atoms with van der Waals surface area (Å²) in [6.45, 7) is 1.56. The van der Waals surface area contributed by atoms with Crippen LogP contribution in [0, 0.1) is 0 Å². The predicted molar refractivity (Wildman–Crippen MR) is 112 cm³/mol. The Morgan fingerprint density at radius 1 is 1.13 bits per heavy atom. The summed E-state index contributed by atoms with van der Waals surface area (Å²) in [7, 11) is 1.29. The maximum absolute atomic E-state index is 12.5. The molecule has 0 spiro atoms. The van der Waals surface area contributed by atoms with Gasteiger partial charge in [0.15, 0.2) is 6.61 Å². The summed E-state index contributed by atoms with van der Waals surface area (Å²) in [4.78, 5) is 28.1. The molecule has 2 N–H and O–H groups in total. The molecule has 0 saturated heterocycles. The predicted octanol–water partition coefficient (Wildman–Crippen LogP) is 4.31. The van der Waals surface area contributed by atoms with Gasteiger partial charge in [-0.3, -0.25) is 0 Å². The summed E-state index contributed by atoms with van der Waals surface area (Å²) >= 11 is 0. The van der Waals surface area contributed by atoms with Crippen LogP contribution in [0.1, 0.15) is 18.2 Å². The number of para-hydroxylation sites is 2. The molecule has 1 amide bonds. The number of ether oxygens (including phenoxy) is 2. The van der Waals surface area contributed by atoms with Crippen molar-refractivity contribution in [3.05, 3.63) is 72.1 Å². The number of nitrogens with one attached hydrogen (secondary N) is 2. The topological polar surface area (TPSA) is 93.6 Å². The third-order valence-corrected chi connectivity index (χ3v) is 5.05. The molecule has 0 bridgehead atoms. The summed E-state index contributed by atoms with van der Waals surface area (Å²) in [6, 6.07) is 17.1. The van der Waals surface area contributed by atoms with E-state index in [2.05, 4.69) is 10.3 Å². The highest BCUT2D eigenvalue weighted by molar-refractivity contribution is 5.88. The minimum absolute atomic E-state index is 0.0507. The molecule has 0 aliphatic heterocycles. The molecular weight excluding hydrogens is 384 g/mol. The second-order valence-electron chi connectivity index (χ2n) is 7.31. The number of furan rings is 1. The smallest absolute Gasteiger partial charge is 0.408 e. The molecule has 0 unspecified atom stereocenters. The Bertz CT molecular complexity index is 1180. The average Bonchev–Trinajstić information content (AvgIpc) is 3.35. The van der Waals surface area contributed by atoms with Crippen LogP contribution in [0.2, 0.25) is 0 Å². The molecule has 2 aromatic carbocycles. The largest absolute Gasteiger partial charge is 0.467 e. The highest BCUT2D eigenvalue weighted by Gasteiger charge is 2.37. The lowest BCUT2D eigenvalue weighted by molar-refractivity contribution is -0.147. The number of aromatic amines is 1. The minimum atomic E-state index is -1.30. The van der Waals surface area contributed by atoms with Gasteiger partial charge in [0.25, 0.3) is 0 Å². The van der Waals surface area contributed by atoms with Crippen LogP contribution in [0.4, 0.5) is 4.79 Å². The Morgan fingerprint density at radius 3 is 2.70 bits per heavy atom. The molecule has 0 radical (unpaired) electrons. The van der Waals surface area contributed by atoms with Gasteiger partial charge in [-0.2, -0.15) is 0 Å². The van der Waals surface area contributed by atoms with E-state index in [9.17, 15) is 9.59 Å². The van der Waals surface area contributed by atoms with Gasteiger partial charge < -0.3 is 24.2 Å². The standard InChI is InChI=1S/C23H22N2O5/c1-23(21(26)28-2,12-16-13-24-19-9-5-4-8-18(16)19)25-22(27)29-14-17-11-15-7-3-6-10-20(15)30-17/h3-11,13,24H,12,14H2,1-2H3,(H,25,27)/t23-/m1/s1. The van der Waals surface area contributed by atoms with E-state index in [1.54, 1.807) is 6.92 Å². The number of carbonyl (C=O) groups excluding carboxylic acids is 2. The van der Waals surface area contributed by atoms with Crippen molar-refractivity contribution in [1.82, 2.24) is 10.3 Å². The van der Waals surface area contributed by atoms with Crippen LogP contribution < -0.4 is 5.32 Å². The number of benzene rings is 2. The second kappa shape index (κ2) is 7.94.